The van der Waals surface area contributed by atoms with Crippen molar-refractivity contribution in [3.63, 3.8) is 0 Å². The van der Waals surface area contributed by atoms with E-state index in [9.17, 15) is 0 Å². The summed E-state index contributed by atoms with van der Waals surface area (Å²) >= 11 is 0. The second-order valence-corrected chi connectivity index (χ2v) is 4.23. The third-order valence-electron chi connectivity index (χ3n) is 3.05. The highest BCUT2D eigenvalue weighted by Gasteiger charge is 2.21. The molecule has 0 radical (unpaired) electrons. The number of aryl methyl sites for hydroxylation is 1. The number of nitrogens with zero attached hydrogens (tertiary/aromatic N) is 3. The minimum atomic E-state index is -0.0634. The molecular formula is C12H14N4. The van der Waals surface area contributed by atoms with E-state index in [1.54, 1.807) is 0 Å². The van der Waals surface area contributed by atoms with Crippen molar-refractivity contribution in [3.8, 4) is 11.4 Å². The van der Waals surface area contributed by atoms with Crippen LogP contribution in [-0.4, -0.2) is 14.8 Å². The first kappa shape index (κ1) is 9.54. The summed E-state index contributed by atoms with van der Waals surface area (Å²) < 4.78 is 2.13. The lowest BCUT2D eigenvalue weighted by atomic mass is 10.0. The van der Waals surface area contributed by atoms with Crippen molar-refractivity contribution >= 4 is 0 Å². The summed E-state index contributed by atoms with van der Waals surface area (Å²) in [4.78, 5) is 0. The SMILES string of the molecule is CC(N)c1nnc2n1CCc1ccccc1-2. The van der Waals surface area contributed by atoms with Crippen LogP contribution in [0.3, 0.4) is 0 Å². The van der Waals surface area contributed by atoms with Crippen LogP contribution in [0.4, 0.5) is 0 Å². The zero-order valence-corrected chi connectivity index (χ0v) is 9.22. The van der Waals surface area contributed by atoms with Crippen LogP contribution in [0.15, 0.2) is 24.3 Å². The molecule has 1 aliphatic heterocycles. The van der Waals surface area contributed by atoms with Crippen molar-refractivity contribution in [3.05, 3.63) is 35.7 Å². The molecule has 0 saturated heterocycles. The molecule has 2 heterocycles. The fourth-order valence-corrected chi connectivity index (χ4v) is 2.26. The van der Waals surface area contributed by atoms with Crippen molar-refractivity contribution < 1.29 is 0 Å². The molecule has 0 amide bonds. The molecular weight excluding hydrogens is 200 g/mol. The Kier molecular flexibility index (Phi) is 2.04. The molecule has 1 unspecified atom stereocenters. The molecule has 0 fully saturated rings. The number of benzene rings is 1. The first-order valence-corrected chi connectivity index (χ1v) is 5.54. The van der Waals surface area contributed by atoms with E-state index in [2.05, 4.69) is 33.0 Å². The molecule has 0 saturated carbocycles. The largest absolute Gasteiger partial charge is 0.322 e. The summed E-state index contributed by atoms with van der Waals surface area (Å²) in [5.41, 5.74) is 8.41. The standard InChI is InChI=1S/C12H14N4/c1-8(13)11-14-15-12-10-5-3-2-4-9(10)6-7-16(11)12/h2-5,8H,6-7,13H2,1H3. The zero-order valence-electron chi connectivity index (χ0n) is 9.22. The fourth-order valence-electron chi connectivity index (χ4n) is 2.26. The van der Waals surface area contributed by atoms with Gasteiger partial charge in [-0.05, 0) is 18.9 Å². The summed E-state index contributed by atoms with van der Waals surface area (Å²) in [6, 6.07) is 8.29. The molecule has 0 spiro atoms. The monoisotopic (exact) mass is 214 g/mol. The molecule has 1 aromatic heterocycles. The van der Waals surface area contributed by atoms with Gasteiger partial charge in [-0.3, -0.25) is 0 Å². The number of rotatable bonds is 1. The van der Waals surface area contributed by atoms with Crippen LogP contribution >= 0.6 is 0 Å². The zero-order chi connectivity index (χ0) is 11.1. The molecule has 4 nitrogen and oxygen atoms in total. The molecule has 2 N–H and O–H groups in total. The van der Waals surface area contributed by atoms with Gasteiger partial charge in [0.25, 0.3) is 0 Å². The first-order chi connectivity index (χ1) is 7.77. The van der Waals surface area contributed by atoms with E-state index in [1.165, 1.54) is 11.1 Å². The van der Waals surface area contributed by atoms with Crippen LogP contribution in [0.25, 0.3) is 11.4 Å². The number of nitrogens with two attached hydrogens (primary N) is 1. The molecule has 2 aromatic rings. The summed E-state index contributed by atoms with van der Waals surface area (Å²) in [6.45, 7) is 2.87. The second kappa shape index (κ2) is 3.42. The van der Waals surface area contributed by atoms with Gasteiger partial charge >= 0.3 is 0 Å². The van der Waals surface area contributed by atoms with Crippen LogP contribution in [0, 0.1) is 0 Å². The number of hydrogen-bond acceptors (Lipinski definition) is 3. The Morgan fingerprint density at radius 1 is 1.31 bits per heavy atom. The first-order valence-electron chi connectivity index (χ1n) is 5.54. The van der Waals surface area contributed by atoms with Gasteiger partial charge in [0.2, 0.25) is 0 Å². The lowest BCUT2D eigenvalue weighted by Crippen LogP contribution is -2.18. The van der Waals surface area contributed by atoms with Crippen molar-refractivity contribution in [2.45, 2.75) is 25.9 Å². The van der Waals surface area contributed by atoms with Crippen molar-refractivity contribution in [1.29, 1.82) is 0 Å². The Balaban J connectivity index is 2.19. The maximum Gasteiger partial charge on any atom is 0.164 e. The van der Waals surface area contributed by atoms with Gasteiger partial charge in [-0.15, -0.1) is 10.2 Å². The predicted molar refractivity (Wildman–Crippen MR) is 61.8 cm³/mol. The van der Waals surface area contributed by atoms with Crippen LogP contribution in [0.5, 0.6) is 0 Å². The Morgan fingerprint density at radius 3 is 2.94 bits per heavy atom. The Morgan fingerprint density at radius 2 is 2.12 bits per heavy atom. The van der Waals surface area contributed by atoms with Crippen molar-refractivity contribution in [2.75, 3.05) is 0 Å². The highest BCUT2D eigenvalue weighted by Crippen LogP contribution is 2.29. The number of hydrogen-bond donors (Lipinski definition) is 1. The lowest BCUT2D eigenvalue weighted by molar-refractivity contribution is 0.603. The van der Waals surface area contributed by atoms with Gasteiger partial charge in [-0.1, -0.05) is 24.3 Å². The molecule has 1 aromatic carbocycles. The molecule has 16 heavy (non-hydrogen) atoms. The smallest absolute Gasteiger partial charge is 0.164 e. The molecule has 0 aliphatic carbocycles. The van der Waals surface area contributed by atoms with Gasteiger partial charge in [0.1, 0.15) is 5.82 Å². The fraction of sp³-hybridized carbons (Fsp3) is 0.333. The molecule has 82 valence electrons. The number of aromatic nitrogens is 3. The van der Waals surface area contributed by atoms with Crippen LogP contribution in [0.1, 0.15) is 24.4 Å². The molecule has 1 atom stereocenters. The summed E-state index contributed by atoms with van der Waals surface area (Å²) in [7, 11) is 0. The quantitative estimate of drug-likeness (QED) is 0.783. The summed E-state index contributed by atoms with van der Waals surface area (Å²) in [5.74, 6) is 1.83. The number of fused-ring (bicyclic) bond motifs is 3. The third kappa shape index (κ3) is 1.27. The summed E-state index contributed by atoms with van der Waals surface area (Å²) in [6.07, 6.45) is 1.03. The maximum absolute atomic E-state index is 5.88. The average molecular weight is 214 g/mol. The van der Waals surface area contributed by atoms with E-state index < -0.39 is 0 Å². The van der Waals surface area contributed by atoms with E-state index >= 15 is 0 Å². The normalized spacial score (nSPS) is 15.4. The van der Waals surface area contributed by atoms with E-state index in [4.69, 9.17) is 5.73 Å². The lowest BCUT2D eigenvalue weighted by Gasteiger charge is -2.19. The summed E-state index contributed by atoms with van der Waals surface area (Å²) in [5, 5.41) is 8.44. The van der Waals surface area contributed by atoms with Crippen LogP contribution in [-0.2, 0) is 13.0 Å². The second-order valence-electron chi connectivity index (χ2n) is 4.23. The van der Waals surface area contributed by atoms with Crippen molar-refractivity contribution in [2.24, 2.45) is 5.73 Å². The Bertz CT molecular complexity index is 528. The maximum atomic E-state index is 5.88. The molecule has 4 heteroatoms. The minimum absolute atomic E-state index is 0.0634. The van der Waals surface area contributed by atoms with E-state index in [0.29, 0.717) is 0 Å². The average Bonchev–Trinajstić information content (AvgIpc) is 2.73. The van der Waals surface area contributed by atoms with Gasteiger partial charge in [-0.25, -0.2) is 0 Å². The minimum Gasteiger partial charge on any atom is -0.322 e. The van der Waals surface area contributed by atoms with E-state index in [0.717, 1.165) is 24.6 Å². The van der Waals surface area contributed by atoms with E-state index in [1.807, 2.05) is 13.0 Å². The highest BCUT2D eigenvalue weighted by atomic mass is 15.3. The highest BCUT2D eigenvalue weighted by molar-refractivity contribution is 5.62. The Labute approximate surface area is 94.1 Å². The van der Waals surface area contributed by atoms with Gasteiger partial charge in [-0.2, -0.15) is 0 Å². The van der Waals surface area contributed by atoms with Crippen molar-refractivity contribution in [1.82, 2.24) is 14.8 Å². The van der Waals surface area contributed by atoms with E-state index in [-0.39, 0.29) is 6.04 Å². The van der Waals surface area contributed by atoms with Crippen LogP contribution in [0.2, 0.25) is 0 Å². The topological polar surface area (TPSA) is 56.7 Å². The van der Waals surface area contributed by atoms with Gasteiger partial charge in [0.15, 0.2) is 5.82 Å². The third-order valence-corrected chi connectivity index (χ3v) is 3.05. The molecule has 1 aliphatic rings. The van der Waals surface area contributed by atoms with Gasteiger partial charge in [0.05, 0.1) is 6.04 Å². The molecule has 3 rings (SSSR count). The van der Waals surface area contributed by atoms with Gasteiger partial charge in [0, 0.05) is 12.1 Å². The predicted octanol–water partition coefficient (Wildman–Crippen LogP) is 1.52. The Hall–Kier alpha value is -1.68. The van der Waals surface area contributed by atoms with Gasteiger partial charge < -0.3 is 10.3 Å². The van der Waals surface area contributed by atoms with Crippen LogP contribution < -0.4 is 5.73 Å². The molecule has 0 bridgehead atoms.